The van der Waals surface area contributed by atoms with E-state index >= 15 is 0 Å². The molecule has 12 nitrogen and oxygen atoms in total. The van der Waals surface area contributed by atoms with Crippen LogP contribution in [0.15, 0.2) is 48.8 Å². The molecule has 1 amide bonds. The van der Waals surface area contributed by atoms with Gasteiger partial charge in [0.25, 0.3) is 0 Å². The van der Waals surface area contributed by atoms with Crippen molar-refractivity contribution in [2.75, 3.05) is 43.4 Å². The molecule has 43 heavy (non-hydrogen) atoms. The zero-order chi connectivity index (χ0) is 30.1. The second kappa shape index (κ2) is 11.5. The van der Waals surface area contributed by atoms with E-state index in [4.69, 9.17) is 19.8 Å². The molecule has 4 aromatic rings. The number of benzene rings is 1. The number of piperidine rings is 1. The van der Waals surface area contributed by atoms with E-state index in [2.05, 4.69) is 26.5 Å². The second-order valence-electron chi connectivity index (χ2n) is 11.9. The number of hydrogen-bond donors (Lipinski definition) is 2. The van der Waals surface area contributed by atoms with Crippen LogP contribution in [0.3, 0.4) is 0 Å². The predicted octanol–water partition coefficient (Wildman–Crippen LogP) is 4.90. The Kier molecular flexibility index (Phi) is 7.59. The number of hydrogen-bond acceptors (Lipinski definition) is 10. The molecule has 3 aromatic heterocycles. The molecule has 1 fully saturated rings. The number of aromatic nitrogens is 6. The Morgan fingerprint density at radius 1 is 1.07 bits per heavy atom. The van der Waals surface area contributed by atoms with Crippen molar-refractivity contribution < 1.29 is 14.6 Å². The summed E-state index contributed by atoms with van der Waals surface area (Å²) >= 11 is 0. The Morgan fingerprint density at radius 3 is 2.47 bits per heavy atom. The van der Waals surface area contributed by atoms with Gasteiger partial charge in [0.2, 0.25) is 5.95 Å². The highest BCUT2D eigenvalue weighted by atomic mass is 16.6. The van der Waals surface area contributed by atoms with Crippen molar-refractivity contribution in [1.29, 1.82) is 0 Å². The smallest absolute Gasteiger partial charge is 0.410 e. The molecule has 0 radical (unpaired) electrons. The van der Waals surface area contributed by atoms with E-state index in [1.807, 2.05) is 63.1 Å². The third-order valence-corrected chi connectivity index (χ3v) is 7.83. The summed E-state index contributed by atoms with van der Waals surface area (Å²) in [5, 5.41) is 27.2. The van der Waals surface area contributed by atoms with Crippen molar-refractivity contribution in [1.82, 2.24) is 34.8 Å². The van der Waals surface area contributed by atoms with Crippen molar-refractivity contribution in [3.63, 3.8) is 0 Å². The first-order valence-corrected chi connectivity index (χ1v) is 14.7. The first-order chi connectivity index (χ1) is 20.7. The molecule has 224 valence electrons. The summed E-state index contributed by atoms with van der Waals surface area (Å²) in [5.41, 5.74) is 4.43. The molecule has 2 aliphatic rings. The number of fused-ring (bicyclic) bond motifs is 1. The van der Waals surface area contributed by atoms with Crippen LogP contribution in [0.5, 0.6) is 5.75 Å². The number of amides is 1. The topological polar surface area (TPSA) is 134 Å². The first kappa shape index (κ1) is 28.4. The summed E-state index contributed by atoms with van der Waals surface area (Å²) in [6.45, 7) is 8.32. The predicted molar refractivity (Wildman–Crippen MR) is 165 cm³/mol. The van der Waals surface area contributed by atoms with E-state index < -0.39 is 5.60 Å². The Balaban J connectivity index is 1.12. The van der Waals surface area contributed by atoms with E-state index in [1.54, 1.807) is 17.0 Å². The summed E-state index contributed by atoms with van der Waals surface area (Å²) in [6.07, 6.45) is 7.99. The van der Waals surface area contributed by atoms with Gasteiger partial charge < -0.3 is 25.0 Å². The van der Waals surface area contributed by atoms with Gasteiger partial charge in [-0.25, -0.2) is 14.8 Å². The van der Waals surface area contributed by atoms with Crippen LogP contribution < -0.4 is 10.2 Å². The van der Waals surface area contributed by atoms with Gasteiger partial charge in [0.1, 0.15) is 11.4 Å². The highest BCUT2D eigenvalue weighted by Gasteiger charge is 2.27. The molecule has 0 saturated carbocycles. The highest BCUT2D eigenvalue weighted by Crippen LogP contribution is 2.34. The van der Waals surface area contributed by atoms with Gasteiger partial charge in [-0.1, -0.05) is 18.2 Å². The largest absolute Gasteiger partial charge is 0.507 e. The lowest BCUT2D eigenvalue weighted by atomic mass is 10.0. The number of phenolic OH excluding ortho intramolecular Hbond substituents is 1. The maximum atomic E-state index is 12.4. The Hall–Kier alpha value is -4.74. The molecule has 12 heteroatoms. The van der Waals surface area contributed by atoms with Crippen LogP contribution in [0, 0.1) is 0 Å². The minimum absolute atomic E-state index is 0.165. The number of rotatable bonds is 5. The molecule has 1 saturated heterocycles. The summed E-state index contributed by atoms with van der Waals surface area (Å²) in [4.78, 5) is 25.7. The molecule has 0 atom stereocenters. The van der Waals surface area contributed by atoms with Crippen molar-refractivity contribution >= 4 is 34.5 Å². The summed E-state index contributed by atoms with van der Waals surface area (Å²) < 4.78 is 7.53. The molecule has 1 aromatic carbocycles. The molecular formula is C31H37N9O3. The van der Waals surface area contributed by atoms with E-state index in [0.29, 0.717) is 41.6 Å². The zero-order valence-electron chi connectivity index (χ0n) is 25.0. The molecule has 0 aliphatic carbocycles. The van der Waals surface area contributed by atoms with Crippen molar-refractivity contribution in [2.24, 2.45) is 0 Å². The van der Waals surface area contributed by atoms with Gasteiger partial charge in [-0.05, 0) is 63.8 Å². The molecule has 6 rings (SSSR count). The number of aromatic hydroxyl groups is 1. The normalized spacial score (nSPS) is 16.3. The Labute approximate surface area is 250 Å². The summed E-state index contributed by atoms with van der Waals surface area (Å²) in [6, 6.07) is 9.25. The van der Waals surface area contributed by atoms with Gasteiger partial charge in [0.15, 0.2) is 11.3 Å². The van der Waals surface area contributed by atoms with Gasteiger partial charge in [-0.3, -0.25) is 4.68 Å². The fraction of sp³-hybridized carbons (Fsp3) is 0.419. The molecular weight excluding hydrogens is 546 g/mol. The van der Waals surface area contributed by atoms with Gasteiger partial charge in [0.05, 0.1) is 17.3 Å². The van der Waals surface area contributed by atoms with Crippen molar-refractivity contribution in [3.8, 4) is 17.0 Å². The maximum Gasteiger partial charge on any atom is 0.410 e. The van der Waals surface area contributed by atoms with Crippen LogP contribution in [0.2, 0.25) is 0 Å². The third kappa shape index (κ3) is 5.95. The fourth-order valence-electron chi connectivity index (χ4n) is 5.59. The van der Waals surface area contributed by atoms with E-state index in [0.717, 1.165) is 49.0 Å². The van der Waals surface area contributed by atoms with E-state index in [1.165, 1.54) is 0 Å². The van der Waals surface area contributed by atoms with Crippen LogP contribution in [-0.2, 0) is 4.74 Å². The van der Waals surface area contributed by atoms with Crippen molar-refractivity contribution in [2.45, 2.75) is 51.7 Å². The quantitative estimate of drug-likeness (QED) is 0.334. The molecule has 5 heterocycles. The monoisotopic (exact) mass is 583 g/mol. The molecule has 0 unspecified atom stereocenters. The van der Waals surface area contributed by atoms with Gasteiger partial charge in [0, 0.05) is 56.7 Å². The van der Waals surface area contributed by atoms with Crippen LogP contribution in [0.4, 0.5) is 16.6 Å². The third-order valence-electron chi connectivity index (χ3n) is 7.83. The van der Waals surface area contributed by atoms with Gasteiger partial charge in [-0.2, -0.15) is 5.10 Å². The van der Waals surface area contributed by atoms with Gasteiger partial charge in [-0.15, -0.1) is 10.2 Å². The zero-order valence-corrected chi connectivity index (χ0v) is 25.0. The molecule has 2 aliphatic heterocycles. The van der Waals surface area contributed by atoms with E-state index in [9.17, 15) is 9.90 Å². The Morgan fingerprint density at radius 2 is 1.81 bits per heavy atom. The number of phenols is 1. The summed E-state index contributed by atoms with van der Waals surface area (Å²) in [5.74, 6) is 1.56. The number of para-hydroxylation sites is 1. The number of carbonyl (C=O) groups is 1. The minimum atomic E-state index is -0.507. The van der Waals surface area contributed by atoms with Crippen LogP contribution in [-0.4, -0.2) is 84.9 Å². The average molecular weight is 584 g/mol. The van der Waals surface area contributed by atoms with E-state index in [-0.39, 0.29) is 17.9 Å². The number of nitrogens with one attached hydrogen (secondary N) is 1. The Bertz CT molecular complexity index is 1650. The van der Waals surface area contributed by atoms with Gasteiger partial charge >= 0.3 is 6.09 Å². The molecule has 0 bridgehead atoms. The standard InChI is InChI=1S/C31H37N9O3/c1-31(2,3)43-30(42)39-13-9-20(10-14-39)21-18-33-29(34-19-21)38-15-11-22(12-16-38)40-25-17-24(23-7-5-6-8-26(23)41)35-36-27(25)28(32-4)37-40/h5-9,17-19,22,41H,10-16H2,1-4H3,(H,32,37). The SMILES string of the molecule is CNc1nn(C2CCN(c3ncc(C4=CCN(C(=O)OC(C)(C)C)CC4)cn3)CC2)c2cc(-c3ccccc3O)nnc12. The lowest BCUT2D eigenvalue weighted by molar-refractivity contribution is 0.0270. The van der Waals surface area contributed by atoms with Crippen LogP contribution >= 0.6 is 0 Å². The minimum Gasteiger partial charge on any atom is -0.507 e. The average Bonchev–Trinajstić information content (AvgIpc) is 3.39. The lowest BCUT2D eigenvalue weighted by Crippen LogP contribution is -2.39. The highest BCUT2D eigenvalue weighted by molar-refractivity contribution is 5.88. The number of anilines is 2. The van der Waals surface area contributed by atoms with Crippen molar-refractivity contribution in [3.05, 3.63) is 54.4 Å². The van der Waals surface area contributed by atoms with Crippen LogP contribution in [0.25, 0.3) is 27.9 Å². The fourth-order valence-corrected chi connectivity index (χ4v) is 5.59. The van der Waals surface area contributed by atoms with Crippen LogP contribution in [0.1, 0.15) is 51.6 Å². The molecule has 2 N–H and O–H groups in total. The summed E-state index contributed by atoms with van der Waals surface area (Å²) in [7, 11) is 1.83. The number of nitrogens with zero attached hydrogens (tertiary/aromatic N) is 8. The lowest BCUT2D eigenvalue weighted by Gasteiger charge is -2.32. The number of carbonyl (C=O) groups excluding carboxylic acids is 1. The molecule has 0 spiro atoms. The first-order valence-electron chi connectivity index (χ1n) is 14.7. The second-order valence-corrected chi connectivity index (χ2v) is 11.9. The maximum absolute atomic E-state index is 12.4. The number of ether oxygens (including phenoxy) is 1.